The fraction of sp³-hybridized carbons (Fsp3) is 0. The first-order valence-electron chi connectivity index (χ1n) is 26.3. The molecule has 0 N–H and O–H groups in total. The van der Waals surface area contributed by atoms with Crippen LogP contribution in [0.3, 0.4) is 0 Å². The summed E-state index contributed by atoms with van der Waals surface area (Å²) < 4.78 is 6.45. The van der Waals surface area contributed by atoms with Gasteiger partial charge in [0.25, 0.3) is 0 Å². The minimum absolute atomic E-state index is 0.852. The van der Waals surface area contributed by atoms with E-state index in [1.807, 2.05) is 6.07 Å². The van der Waals surface area contributed by atoms with Gasteiger partial charge in [-0.15, -0.1) is 0 Å². The van der Waals surface area contributed by atoms with Crippen LogP contribution in [0, 0.1) is 0 Å². The fourth-order valence-electron chi connectivity index (χ4n) is 11.2. The molecule has 0 unspecified atom stereocenters. The number of para-hydroxylation sites is 1. The van der Waals surface area contributed by atoms with Crippen molar-refractivity contribution in [2.45, 2.75) is 0 Å². The van der Waals surface area contributed by atoms with Crippen LogP contribution in [0.1, 0.15) is 0 Å². The second kappa shape index (κ2) is 19.6. The van der Waals surface area contributed by atoms with Crippen molar-refractivity contribution in [2.24, 2.45) is 0 Å². The van der Waals surface area contributed by atoms with E-state index in [1.165, 1.54) is 43.8 Å². The molecule has 14 aromatic rings. The van der Waals surface area contributed by atoms with Crippen molar-refractivity contribution >= 4 is 77.6 Å². The van der Waals surface area contributed by atoms with Crippen molar-refractivity contribution < 1.29 is 4.42 Å². The van der Waals surface area contributed by atoms with E-state index in [0.29, 0.717) is 0 Å². The van der Waals surface area contributed by atoms with Crippen LogP contribution in [0.25, 0.3) is 99.1 Å². The number of anilines is 6. The highest BCUT2D eigenvalue weighted by molar-refractivity contribution is 6.14. The molecule has 0 fully saturated rings. The third kappa shape index (κ3) is 8.66. The van der Waals surface area contributed by atoms with Gasteiger partial charge >= 0.3 is 0 Å². The molecule has 0 aliphatic heterocycles. The zero-order valence-electron chi connectivity index (χ0n) is 42.2. The molecular formula is C74H50N2O. The lowest BCUT2D eigenvalue weighted by atomic mass is 9.92. The summed E-state index contributed by atoms with van der Waals surface area (Å²) in [5.74, 6) is 0. The Kier molecular flexibility index (Phi) is 11.5. The Morgan fingerprint density at radius 3 is 1.06 bits per heavy atom. The molecule has 0 spiro atoms. The highest BCUT2D eigenvalue weighted by atomic mass is 16.3. The molecule has 13 aromatic carbocycles. The molecular weight excluding hydrogens is 933 g/mol. The Morgan fingerprint density at radius 2 is 0.558 bits per heavy atom. The first-order valence-corrected chi connectivity index (χ1v) is 26.3. The number of fused-ring (bicyclic) bond motifs is 6. The lowest BCUT2D eigenvalue weighted by molar-refractivity contribution is 0.669. The van der Waals surface area contributed by atoms with Crippen LogP contribution < -0.4 is 9.80 Å². The molecule has 0 saturated heterocycles. The van der Waals surface area contributed by atoms with Crippen molar-refractivity contribution in [3.05, 3.63) is 303 Å². The van der Waals surface area contributed by atoms with Gasteiger partial charge < -0.3 is 14.2 Å². The third-order valence-electron chi connectivity index (χ3n) is 15.0. The summed E-state index contributed by atoms with van der Waals surface area (Å²) >= 11 is 0. The standard InChI is InChI=1S/C74H50N2O/c1-4-16-51(17-5-1)54-28-30-55(31-29-54)58-36-42-63(43-37-58)76(64-44-45-74-72(50-64)70-26-14-15-27-73(70)77-74)66-47-60(71-48-59-22-10-11-23-67(59)68-24-12-13-25-69(68)71)46-65(49-66)75(61-38-32-56(33-39-61)52-18-6-2-7-19-52)62-40-34-57(35-41-62)53-20-8-3-9-21-53/h1-50H. The molecule has 0 bridgehead atoms. The predicted octanol–water partition coefficient (Wildman–Crippen LogP) is 21.2. The molecule has 0 radical (unpaired) electrons. The van der Waals surface area contributed by atoms with E-state index >= 15 is 0 Å². The highest BCUT2D eigenvalue weighted by Gasteiger charge is 2.22. The van der Waals surface area contributed by atoms with E-state index in [4.69, 9.17) is 4.42 Å². The minimum atomic E-state index is 0.852. The van der Waals surface area contributed by atoms with Crippen LogP contribution >= 0.6 is 0 Å². The lowest BCUT2D eigenvalue weighted by Gasteiger charge is -2.31. The minimum Gasteiger partial charge on any atom is -0.456 e. The molecule has 0 saturated carbocycles. The largest absolute Gasteiger partial charge is 0.456 e. The average molecular weight is 983 g/mol. The lowest BCUT2D eigenvalue weighted by Crippen LogP contribution is -2.14. The number of benzene rings is 13. The van der Waals surface area contributed by atoms with Gasteiger partial charge in [-0.1, -0.05) is 218 Å². The van der Waals surface area contributed by atoms with Crippen LogP contribution in [0.5, 0.6) is 0 Å². The second-order valence-corrected chi connectivity index (χ2v) is 19.7. The number of hydrogen-bond acceptors (Lipinski definition) is 3. The van der Waals surface area contributed by atoms with Gasteiger partial charge in [0, 0.05) is 44.9 Å². The molecule has 0 amide bonds. The molecule has 3 nitrogen and oxygen atoms in total. The molecule has 0 aliphatic rings. The Hall–Kier alpha value is -10.2. The zero-order chi connectivity index (χ0) is 51.1. The van der Waals surface area contributed by atoms with Crippen molar-refractivity contribution in [1.82, 2.24) is 0 Å². The Labute approximate surface area is 448 Å². The first kappa shape index (κ1) is 45.4. The molecule has 362 valence electrons. The van der Waals surface area contributed by atoms with Crippen LogP contribution in [-0.4, -0.2) is 0 Å². The summed E-state index contributed by atoms with van der Waals surface area (Å²) in [5.41, 5.74) is 19.5. The van der Waals surface area contributed by atoms with Gasteiger partial charge in [-0.05, 0) is 162 Å². The molecule has 1 aromatic heterocycles. The summed E-state index contributed by atoms with van der Waals surface area (Å²) in [5, 5.41) is 6.99. The Morgan fingerprint density at radius 1 is 0.195 bits per heavy atom. The maximum absolute atomic E-state index is 6.45. The maximum Gasteiger partial charge on any atom is 0.135 e. The van der Waals surface area contributed by atoms with Gasteiger partial charge in [-0.25, -0.2) is 0 Å². The van der Waals surface area contributed by atoms with E-state index in [1.54, 1.807) is 0 Å². The molecule has 0 aliphatic carbocycles. The number of hydrogen-bond donors (Lipinski definition) is 0. The third-order valence-corrected chi connectivity index (χ3v) is 15.0. The molecule has 0 atom stereocenters. The number of nitrogens with zero attached hydrogens (tertiary/aromatic N) is 2. The van der Waals surface area contributed by atoms with Crippen molar-refractivity contribution in [3.8, 4) is 55.6 Å². The first-order chi connectivity index (χ1) is 38.1. The summed E-state index contributed by atoms with van der Waals surface area (Å²) in [6.45, 7) is 0. The Balaban J connectivity index is 0.997. The van der Waals surface area contributed by atoms with Crippen LogP contribution in [-0.2, 0) is 0 Å². The van der Waals surface area contributed by atoms with Crippen molar-refractivity contribution in [2.75, 3.05) is 9.80 Å². The summed E-state index contributed by atoms with van der Waals surface area (Å²) in [7, 11) is 0. The SMILES string of the molecule is c1ccc(-c2ccc(-c3ccc(N(c4cc(-c5cc6ccccc6c6ccccc56)cc(N(c5ccc(-c6ccccc6)cc5)c5ccc(-c6ccccc6)cc5)c4)c4ccc5oc6ccccc6c5c4)cc3)cc2)cc1. The van der Waals surface area contributed by atoms with E-state index in [0.717, 1.165) is 89.4 Å². The van der Waals surface area contributed by atoms with Gasteiger partial charge in [0.2, 0.25) is 0 Å². The fourth-order valence-corrected chi connectivity index (χ4v) is 11.2. The topological polar surface area (TPSA) is 19.6 Å². The van der Waals surface area contributed by atoms with E-state index in [-0.39, 0.29) is 0 Å². The van der Waals surface area contributed by atoms with Gasteiger partial charge in [0.15, 0.2) is 0 Å². The monoisotopic (exact) mass is 982 g/mol. The van der Waals surface area contributed by atoms with Crippen LogP contribution in [0.15, 0.2) is 308 Å². The average Bonchev–Trinajstić information content (AvgIpc) is 3.90. The molecule has 77 heavy (non-hydrogen) atoms. The van der Waals surface area contributed by atoms with Crippen LogP contribution in [0.2, 0.25) is 0 Å². The molecule has 1 heterocycles. The quantitative estimate of drug-likeness (QED) is 0.120. The Bertz CT molecular complexity index is 4310. The van der Waals surface area contributed by atoms with Gasteiger partial charge in [-0.3, -0.25) is 0 Å². The molecule has 14 rings (SSSR count). The van der Waals surface area contributed by atoms with E-state index in [9.17, 15) is 0 Å². The van der Waals surface area contributed by atoms with E-state index < -0.39 is 0 Å². The maximum atomic E-state index is 6.45. The predicted molar refractivity (Wildman–Crippen MR) is 325 cm³/mol. The van der Waals surface area contributed by atoms with Crippen LogP contribution in [0.4, 0.5) is 34.1 Å². The van der Waals surface area contributed by atoms with Crippen molar-refractivity contribution in [3.63, 3.8) is 0 Å². The summed E-state index contributed by atoms with van der Waals surface area (Å²) in [4.78, 5) is 4.82. The smallest absolute Gasteiger partial charge is 0.135 e. The van der Waals surface area contributed by atoms with Crippen molar-refractivity contribution in [1.29, 1.82) is 0 Å². The number of furan rings is 1. The van der Waals surface area contributed by atoms with Gasteiger partial charge in [0.05, 0.1) is 0 Å². The van der Waals surface area contributed by atoms with Gasteiger partial charge in [0.1, 0.15) is 11.2 Å². The van der Waals surface area contributed by atoms with E-state index in [2.05, 4.69) is 307 Å². The number of rotatable bonds is 11. The second-order valence-electron chi connectivity index (χ2n) is 19.7. The normalized spacial score (nSPS) is 11.4. The highest BCUT2D eigenvalue weighted by Crippen LogP contribution is 2.47. The molecule has 3 heteroatoms. The zero-order valence-corrected chi connectivity index (χ0v) is 42.2. The summed E-state index contributed by atoms with van der Waals surface area (Å²) in [6.07, 6.45) is 0. The van der Waals surface area contributed by atoms with Gasteiger partial charge in [-0.2, -0.15) is 0 Å². The summed E-state index contributed by atoms with van der Waals surface area (Å²) in [6, 6.07) is 110.